The summed E-state index contributed by atoms with van der Waals surface area (Å²) in [4.78, 5) is 31.2. The van der Waals surface area contributed by atoms with Gasteiger partial charge in [0.2, 0.25) is 5.91 Å². The van der Waals surface area contributed by atoms with Crippen LogP contribution in [0.1, 0.15) is 11.1 Å². The van der Waals surface area contributed by atoms with Gasteiger partial charge in [-0.2, -0.15) is 0 Å². The van der Waals surface area contributed by atoms with Crippen LogP contribution in [-0.2, 0) is 17.8 Å². The van der Waals surface area contributed by atoms with Crippen LogP contribution >= 0.6 is 0 Å². The quantitative estimate of drug-likeness (QED) is 0.613. The van der Waals surface area contributed by atoms with Gasteiger partial charge in [0.1, 0.15) is 0 Å². The Balaban J connectivity index is 1.54. The smallest absolute Gasteiger partial charge is 0.273 e. The van der Waals surface area contributed by atoms with Gasteiger partial charge in [-0.25, -0.2) is 0 Å². The van der Waals surface area contributed by atoms with Gasteiger partial charge in [0.15, 0.2) is 0 Å². The second-order valence-electron chi connectivity index (χ2n) is 6.07. The van der Waals surface area contributed by atoms with E-state index in [4.69, 9.17) is 0 Å². The number of carbonyl (C=O) groups excluding carboxylic acids is 1. The average molecular weight is 340 g/mol. The number of nitro benzene ring substituents is 1. The third-order valence-electron chi connectivity index (χ3n) is 4.41. The van der Waals surface area contributed by atoms with E-state index in [2.05, 4.69) is 9.88 Å². The van der Waals surface area contributed by atoms with Crippen LogP contribution in [0, 0.1) is 10.1 Å². The van der Waals surface area contributed by atoms with Crippen molar-refractivity contribution in [1.82, 2.24) is 14.8 Å². The highest BCUT2D eigenvalue weighted by Gasteiger charge is 2.23. The lowest BCUT2D eigenvalue weighted by atomic mass is 10.1. The molecule has 1 amide bonds. The summed E-state index contributed by atoms with van der Waals surface area (Å²) in [6.45, 7) is 3.72. The lowest BCUT2D eigenvalue weighted by molar-refractivity contribution is -0.385. The van der Waals surface area contributed by atoms with Crippen LogP contribution in [-0.4, -0.2) is 51.8 Å². The van der Waals surface area contributed by atoms with Gasteiger partial charge >= 0.3 is 0 Å². The van der Waals surface area contributed by atoms with Crippen molar-refractivity contribution in [3.8, 4) is 0 Å². The number of piperazine rings is 1. The first-order valence-electron chi connectivity index (χ1n) is 8.25. The first-order valence-corrected chi connectivity index (χ1v) is 8.25. The van der Waals surface area contributed by atoms with Crippen LogP contribution < -0.4 is 0 Å². The maximum atomic E-state index is 12.5. The number of para-hydroxylation sites is 1. The maximum absolute atomic E-state index is 12.5. The Morgan fingerprint density at radius 3 is 2.44 bits per heavy atom. The molecule has 1 aromatic heterocycles. The fraction of sp³-hybridized carbons (Fsp3) is 0.333. The number of carbonyl (C=O) groups is 1. The van der Waals surface area contributed by atoms with Crippen LogP contribution in [0.5, 0.6) is 0 Å². The zero-order valence-electron chi connectivity index (χ0n) is 13.9. The predicted octanol–water partition coefficient (Wildman–Crippen LogP) is 1.88. The third-order valence-corrected chi connectivity index (χ3v) is 4.41. The summed E-state index contributed by atoms with van der Waals surface area (Å²) >= 11 is 0. The standard InChI is InChI=1S/C18H20N4O3/c23-18(13-16-3-1-2-4-17(16)22(24)25)21-11-9-20(10-12-21)14-15-5-7-19-8-6-15/h1-8H,9-14H2. The van der Waals surface area contributed by atoms with Crippen molar-refractivity contribution < 1.29 is 9.72 Å². The second kappa shape index (κ2) is 7.85. The molecule has 1 saturated heterocycles. The molecule has 0 N–H and O–H groups in total. The summed E-state index contributed by atoms with van der Waals surface area (Å²) in [5, 5.41) is 11.1. The normalized spacial score (nSPS) is 15.1. The lowest BCUT2D eigenvalue weighted by Crippen LogP contribution is -2.48. The van der Waals surface area contributed by atoms with E-state index in [0.717, 1.165) is 19.6 Å². The van der Waals surface area contributed by atoms with E-state index in [0.29, 0.717) is 18.7 Å². The van der Waals surface area contributed by atoms with Crippen molar-refractivity contribution in [3.63, 3.8) is 0 Å². The summed E-state index contributed by atoms with van der Waals surface area (Å²) < 4.78 is 0. The van der Waals surface area contributed by atoms with Gasteiger partial charge in [0.05, 0.1) is 11.3 Å². The Bertz CT molecular complexity index is 743. The number of amides is 1. The average Bonchev–Trinajstić information content (AvgIpc) is 2.63. The lowest BCUT2D eigenvalue weighted by Gasteiger charge is -2.34. The predicted molar refractivity (Wildman–Crippen MR) is 92.9 cm³/mol. The van der Waals surface area contributed by atoms with E-state index in [1.807, 2.05) is 12.1 Å². The Kier molecular flexibility index (Phi) is 5.35. The number of rotatable bonds is 5. The molecular formula is C18H20N4O3. The van der Waals surface area contributed by atoms with Crippen LogP contribution in [0.3, 0.4) is 0 Å². The SMILES string of the molecule is O=C(Cc1ccccc1[N+](=O)[O-])N1CCN(Cc2ccncc2)CC1. The molecule has 130 valence electrons. The summed E-state index contributed by atoms with van der Waals surface area (Å²) in [7, 11) is 0. The molecule has 1 fully saturated rings. The molecule has 3 rings (SSSR count). The first kappa shape index (κ1) is 17.0. The second-order valence-corrected chi connectivity index (χ2v) is 6.07. The minimum Gasteiger partial charge on any atom is -0.340 e. The van der Waals surface area contributed by atoms with Crippen LogP contribution in [0.25, 0.3) is 0 Å². The van der Waals surface area contributed by atoms with E-state index in [1.165, 1.54) is 11.6 Å². The molecule has 1 aromatic carbocycles. The maximum Gasteiger partial charge on any atom is 0.273 e. The van der Waals surface area contributed by atoms with Gasteiger partial charge in [-0.3, -0.25) is 24.8 Å². The number of benzene rings is 1. The van der Waals surface area contributed by atoms with Crippen molar-refractivity contribution in [1.29, 1.82) is 0 Å². The largest absolute Gasteiger partial charge is 0.340 e. The summed E-state index contributed by atoms with van der Waals surface area (Å²) in [6, 6.07) is 10.4. The molecule has 7 nitrogen and oxygen atoms in total. The highest BCUT2D eigenvalue weighted by atomic mass is 16.6. The molecule has 1 aliphatic heterocycles. The van der Waals surface area contributed by atoms with E-state index < -0.39 is 4.92 Å². The number of nitrogens with zero attached hydrogens (tertiary/aromatic N) is 4. The van der Waals surface area contributed by atoms with Crippen LogP contribution in [0.15, 0.2) is 48.8 Å². The van der Waals surface area contributed by atoms with Gasteiger partial charge in [0.25, 0.3) is 5.69 Å². The highest BCUT2D eigenvalue weighted by Crippen LogP contribution is 2.19. The van der Waals surface area contributed by atoms with Crippen LogP contribution in [0.4, 0.5) is 5.69 Å². The van der Waals surface area contributed by atoms with E-state index in [1.54, 1.807) is 35.5 Å². The Labute approximate surface area is 146 Å². The summed E-state index contributed by atoms with van der Waals surface area (Å²) in [5.74, 6) is -0.0575. The van der Waals surface area contributed by atoms with Crippen molar-refractivity contribution in [2.75, 3.05) is 26.2 Å². The number of aromatic nitrogens is 1. The van der Waals surface area contributed by atoms with Crippen LogP contribution in [0.2, 0.25) is 0 Å². The van der Waals surface area contributed by atoms with Gasteiger partial charge in [-0.05, 0) is 17.7 Å². The van der Waals surface area contributed by atoms with Crippen molar-refractivity contribution in [2.24, 2.45) is 0 Å². The molecule has 7 heteroatoms. The number of hydrogen-bond donors (Lipinski definition) is 0. The molecule has 0 radical (unpaired) electrons. The summed E-state index contributed by atoms with van der Waals surface area (Å²) in [6.07, 6.45) is 3.63. The van der Waals surface area contributed by atoms with E-state index >= 15 is 0 Å². The molecule has 25 heavy (non-hydrogen) atoms. The molecule has 0 spiro atoms. The van der Waals surface area contributed by atoms with E-state index in [9.17, 15) is 14.9 Å². The number of nitro groups is 1. The van der Waals surface area contributed by atoms with Gasteiger partial charge in [-0.1, -0.05) is 18.2 Å². The zero-order chi connectivity index (χ0) is 17.6. The Morgan fingerprint density at radius 2 is 1.76 bits per heavy atom. The molecule has 2 aromatic rings. The number of hydrogen-bond acceptors (Lipinski definition) is 5. The summed E-state index contributed by atoms with van der Waals surface area (Å²) in [5.41, 5.74) is 1.68. The molecule has 0 bridgehead atoms. The number of pyridine rings is 1. The fourth-order valence-corrected chi connectivity index (χ4v) is 3.01. The molecular weight excluding hydrogens is 320 g/mol. The minimum atomic E-state index is -0.435. The van der Waals surface area contributed by atoms with E-state index in [-0.39, 0.29) is 18.0 Å². The van der Waals surface area contributed by atoms with Gasteiger partial charge < -0.3 is 4.90 Å². The van der Waals surface area contributed by atoms with Crippen molar-refractivity contribution in [3.05, 3.63) is 70.0 Å². The van der Waals surface area contributed by atoms with Crippen molar-refractivity contribution >= 4 is 11.6 Å². The molecule has 1 aliphatic rings. The third kappa shape index (κ3) is 4.39. The molecule has 2 heterocycles. The zero-order valence-corrected chi connectivity index (χ0v) is 13.9. The topological polar surface area (TPSA) is 79.6 Å². The molecule has 0 atom stereocenters. The first-order chi connectivity index (χ1) is 12.1. The minimum absolute atomic E-state index is 0.00664. The van der Waals surface area contributed by atoms with Gasteiger partial charge in [-0.15, -0.1) is 0 Å². The molecule has 0 unspecified atom stereocenters. The monoisotopic (exact) mass is 340 g/mol. The fourth-order valence-electron chi connectivity index (χ4n) is 3.01. The van der Waals surface area contributed by atoms with Crippen molar-refractivity contribution in [2.45, 2.75) is 13.0 Å². The van der Waals surface area contributed by atoms with Gasteiger partial charge in [0, 0.05) is 56.7 Å². The Hall–Kier alpha value is -2.80. The molecule has 0 saturated carbocycles. The Morgan fingerprint density at radius 1 is 1.08 bits per heavy atom. The molecule has 0 aliphatic carbocycles. The highest BCUT2D eigenvalue weighted by molar-refractivity contribution is 5.80.